The van der Waals surface area contributed by atoms with Crippen LogP contribution in [0.25, 0.3) is 0 Å². The molecule has 2 heterocycles. The van der Waals surface area contributed by atoms with E-state index < -0.39 is 0 Å². The summed E-state index contributed by atoms with van der Waals surface area (Å²) in [6.07, 6.45) is 4.08. The average molecular weight is 278 g/mol. The Hall–Kier alpha value is -1.69. The zero-order valence-electron chi connectivity index (χ0n) is 12.1. The van der Waals surface area contributed by atoms with Crippen LogP contribution < -0.4 is 5.32 Å². The van der Waals surface area contributed by atoms with E-state index in [4.69, 9.17) is 4.74 Å². The molecular formula is C14H22N4O2. The summed E-state index contributed by atoms with van der Waals surface area (Å²) < 4.78 is 4.94. The van der Waals surface area contributed by atoms with Gasteiger partial charge in [-0.3, -0.25) is 4.79 Å². The molecule has 1 N–H and O–H groups in total. The molecule has 0 saturated carbocycles. The fourth-order valence-corrected chi connectivity index (χ4v) is 2.32. The minimum atomic E-state index is 0.178. The van der Waals surface area contributed by atoms with E-state index in [1.165, 1.54) is 0 Å². The Balaban J connectivity index is 1.78. The van der Waals surface area contributed by atoms with Crippen LogP contribution in [0.5, 0.6) is 0 Å². The number of anilines is 1. The van der Waals surface area contributed by atoms with Crippen molar-refractivity contribution in [2.24, 2.45) is 0 Å². The van der Waals surface area contributed by atoms with Crippen molar-refractivity contribution in [1.29, 1.82) is 0 Å². The molecule has 0 bridgehead atoms. The maximum atomic E-state index is 11.9. The largest absolute Gasteiger partial charge is 0.384 e. The zero-order chi connectivity index (χ0) is 14.4. The predicted octanol–water partition coefficient (Wildman–Crippen LogP) is 1.22. The molecule has 6 nitrogen and oxygen atoms in total. The molecular weight excluding hydrogens is 256 g/mol. The first kappa shape index (κ1) is 14.7. The quantitative estimate of drug-likeness (QED) is 0.877. The maximum Gasteiger partial charge on any atom is 0.224 e. The van der Waals surface area contributed by atoms with Gasteiger partial charge in [-0.1, -0.05) is 0 Å². The third-order valence-electron chi connectivity index (χ3n) is 3.50. The number of ether oxygens (including phenoxy) is 1. The van der Waals surface area contributed by atoms with Crippen molar-refractivity contribution in [2.75, 3.05) is 32.1 Å². The second kappa shape index (κ2) is 7.19. The minimum Gasteiger partial charge on any atom is -0.384 e. The van der Waals surface area contributed by atoms with Gasteiger partial charge in [0.25, 0.3) is 0 Å². The molecule has 0 spiro atoms. The average Bonchev–Trinajstić information content (AvgIpc) is 2.45. The van der Waals surface area contributed by atoms with Crippen molar-refractivity contribution in [2.45, 2.75) is 32.2 Å². The van der Waals surface area contributed by atoms with Gasteiger partial charge in [-0.15, -0.1) is 0 Å². The van der Waals surface area contributed by atoms with Gasteiger partial charge in [-0.2, -0.15) is 0 Å². The topological polar surface area (TPSA) is 67.3 Å². The number of piperidine rings is 1. The van der Waals surface area contributed by atoms with Gasteiger partial charge in [-0.05, 0) is 25.8 Å². The normalized spacial score (nSPS) is 16.2. The number of nitrogens with zero attached hydrogens (tertiary/aromatic N) is 3. The molecule has 1 fully saturated rings. The molecule has 1 aliphatic rings. The highest BCUT2D eigenvalue weighted by molar-refractivity contribution is 5.76. The minimum absolute atomic E-state index is 0.178. The molecule has 1 amide bonds. The number of aryl methyl sites for hydroxylation is 1. The van der Waals surface area contributed by atoms with Gasteiger partial charge in [-0.25, -0.2) is 9.97 Å². The molecule has 20 heavy (non-hydrogen) atoms. The third kappa shape index (κ3) is 4.16. The van der Waals surface area contributed by atoms with E-state index in [0.29, 0.717) is 25.0 Å². The number of hydrogen-bond donors (Lipinski definition) is 1. The highest BCUT2D eigenvalue weighted by atomic mass is 16.5. The number of carbonyl (C=O) groups is 1. The lowest BCUT2D eigenvalue weighted by molar-refractivity contribution is -0.133. The number of hydrogen-bond acceptors (Lipinski definition) is 5. The lowest BCUT2D eigenvalue weighted by Crippen LogP contribution is -2.42. The second-order valence-corrected chi connectivity index (χ2v) is 5.06. The van der Waals surface area contributed by atoms with Crippen molar-refractivity contribution < 1.29 is 9.53 Å². The lowest BCUT2D eigenvalue weighted by Gasteiger charge is -2.32. The number of rotatable bonds is 5. The SMILES string of the molecule is COCCC(=O)N1CCC(Nc2nccc(C)n2)CC1. The van der Waals surface area contributed by atoms with E-state index in [2.05, 4.69) is 15.3 Å². The number of carbonyl (C=O) groups excluding carboxylic acids is 1. The molecule has 1 aliphatic heterocycles. The summed E-state index contributed by atoms with van der Waals surface area (Å²) in [6.45, 7) is 4.01. The fraction of sp³-hybridized carbons (Fsp3) is 0.643. The van der Waals surface area contributed by atoms with Crippen LogP contribution in [0.15, 0.2) is 12.3 Å². The predicted molar refractivity (Wildman–Crippen MR) is 76.5 cm³/mol. The molecule has 0 unspecified atom stereocenters. The highest BCUT2D eigenvalue weighted by Gasteiger charge is 2.22. The van der Waals surface area contributed by atoms with Crippen LogP contribution in [0, 0.1) is 6.92 Å². The molecule has 0 atom stereocenters. The van der Waals surface area contributed by atoms with E-state index in [1.807, 2.05) is 17.9 Å². The Morgan fingerprint density at radius 3 is 2.90 bits per heavy atom. The Bertz CT molecular complexity index is 445. The van der Waals surface area contributed by atoms with Crippen LogP contribution in [0.4, 0.5) is 5.95 Å². The maximum absolute atomic E-state index is 11.9. The first-order valence-corrected chi connectivity index (χ1v) is 7.02. The second-order valence-electron chi connectivity index (χ2n) is 5.06. The van der Waals surface area contributed by atoms with Gasteiger partial charge in [0, 0.05) is 38.1 Å². The van der Waals surface area contributed by atoms with Crippen molar-refractivity contribution in [3.63, 3.8) is 0 Å². The summed E-state index contributed by atoms with van der Waals surface area (Å²) in [4.78, 5) is 22.3. The zero-order valence-corrected chi connectivity index (χ0v) is 12.1. The lowest BCUT2D eigenvalue weighted by atomic mass is 10.0. The molecule has 1 aromatic heterocycles. The van der Waals surface area contributed by atoms with Crippen molar-refractivity contribution in [1.82, 2.24) is 14.9 Å². The van der Waals surface area contributed by atoms with E-state index in [-0.39, 0.29) is 5.91 Å². The van der Waals surface area contributed by atoms with Gasteiger partial charge in [0.05, 0.1) is 13.0 Å². The molecule has 6 heteroatoms. The summed E-state index contributed by atoms with van der Waals surface area (Å²) in [5.74, 6) is 0.853. The first-order chi connectivity index (χ1) is 9.69. The highest BCUT2D eigenvalue weighted by Crippen LogP contribution is 2.15. The molecule has 1 aromatic rings. The molecule has 0 aliphatic carbocycles. The first-order valence-electron chi connectivity index (χ1n) is 7.02. The molecule has 2 rings (SSSR count). The Morgan fingerprint density at radius 2 is 2.25 bits per heavy atom. The summed E-state index contributed by atoms with van der Waals surface area (Å²) in [5.41, 5.74) is 0.953. The van der Waals surface area contributed by atoms with E-state index in [9.17, 15) is 4.79 Å². The number of methoxy groups -OCH3 is 1. The standard InChI is InChI=1S/C14H22N4O2/c1-11-3-7-15-14(16-11)17-12-4-8-18(9-5-12)13(19)6-10-20-2/h3,7,12H,4-6,8-10H2,1-2H3,(H,15,16,17). The van der Waals surface area contributed by atoms with Gasteiger partial charge < -0.3 is 15.0 Å². The van der Waals surface area contributed by atoms with Crippen molar-refractivity contribution in [3.8, 4) is 0 Å². The van der Waals surface area contributed by atoms with Gasteiger partial charge in [0.15, 0.2) is 0 Å². The van der Waals surface area contributed by atoms with Gasteiger partial charge >= 0.3 is 0 Å². The summed E-state index contributed by atoms with van der Waals surface area (Å²) in [6, 6.07) is 2.21. The Kier molecular flexibility index (Phi) is 5.29. The summed E-state index contributed by atoms with van der Waals surface area (Å²) >= 11 is 0. The van der Waals surface area contributed by atoms with Gasteiger partial charge in [0.1, 0.15) is 0 Å². The van der Waals surface area contributed by atoms with Crippen LogP contribution in [-0.4, -0.2) is 53.6 Å². The van der Waals surface area contributed by atoms with E-state index in [0.717, 1.165) is 31.6 Å². The van der Waals surface area contributed by atoms with Crippen LogP contribution in [-0.2, 0) is 9.53 Å². The Labute approximate surface area is 119 Å². The summed E-state index contributed by atoms with van der Waals surface area (Å²) in [7, 11) is 1.62. The number of likely N-dealkylation sites (tertiary alicyclic amines) is 1. The third-order valence-corrected chi connectivity index (χ3v) is 3.50. The van der Waals surface area contributed by atoms with E-state index in [1.54, 1.807) is 13.3 Å². The smallest absolute Gasteiger partial charge is 0.224 e. The van der Waals surface area contributed by atoms with Crippen LogP contribution in [0.3, 0.4) is 0 Å². The molecule has 0 aromatic carbocycles. The molecule has 110 valence electrons. The van der Waals surface area contributed by atoms with Crippen molar-refractivity contribution >= 4 is 11.9 Å². The monoisotopic (exact) mass is 278 g/mol. The molecule has 1 saturated heterocycles. The van der Waals surface area contributed by atoms with Crippen LogP contribution in [0.1, 0.15) is 25.0 Å². The fourth-order valence-electron chi connectivity index (χ4n) is 2.32. The van der Waals surface area contributed by atoms with Crippen LogP contribution in [0.2, 0.25) is 0 Å². The molecule has 0 radical (unpaired) electrons. The van der Waals surface area contributed by atoms with Gasteiger partial charge in [0.2, 0.25) is 11.9 Å². The summed E-state index contributed by atoms with van der Waals surface area (Å²) in [5, 5.41) is 3.34. The van der Waals surface area contributed by atoms with Crippen LogP contribution >= 0.6 is 0 Å². The number of aromatic nitrogens is 2. The van der Waals surface area contributed by atoms with E-state index >= 15 is 0 Å². The van der Waals surface area contributed by atoms with Crippen molar-refractivity contribution in [3.05, 3.63) is 18.0 Å². The number of amides is 1. The number of nitrogens with one attached hydrogen (secondary N) is 1. The Morgan fingerprint density at radius 1 is 1.50 bits per heavy atom.